The van der Waals surface area contributed by atoms with Crippen LogP contribution in [-0.4, -0.2) is 47.0 Å². The molecular formula is C15H20BN3O2. The van der Waals surface area contributed by atoms with Gasteiger partial charge in [0.05, 0.1) is 0 Å². The van der Waals surface area contributed by atoms with Crippen LogP contribution in [0.25, 0.3) is 11.1 Å². The summed E-state index contributed by atoms with van der Waals surface area (Å²) in [7, 11) is -0.380. The van der Waals surface area contributed by atoms with Crippen molar-refractivity contribution in [1.29, 1.82) is 0 Å². The van der Waals surface area contributed by atoms with Crippen LogP contribution in [0.15, 0.2) is 28.7 Å². The molecule has 0 saturated carbocycles. The van der Waals surface area contributed by atoms with Crippen molar-refractivity contribution < 1.29 is 9.44 Å². The molecule has 0 amide bonds. The highest BCUT2D eigenvalue weighted by Gasteiger charge is 2.40. The predicted molar refractivity (Wildman–Crippen MR) is 83.3 cm³/mol. The summed E-state index contributed by atoms with van der Waals surface area (Å²) in [5, 5.41) is 9.87. The van der Waals surface area contributed by atoms with E-state index in [4.69, 9.17) is 4.42 Å². The lowest BCUT2D eigenvalue weighted by molar-refractivity contribution is 0.345. The second-order valence-corrected chi connectivity index (χ2v) is 6.17. The lowest BCUT2D eigenvalue weighted by Crippen LogP contribution is -2.44. The van der Waals surface area contributed by atoms with E-state index in [0.717, 1.165) is 43.0 Å². The number of hydrogen-bond acceptors (Lipinski definition) is 5. The van der Waals surface area contributed by atoms with Gasteiger partial charge in [-0.1, -0.05) is 12.1 Å². The molecular weight excluding hydrogens is 265 g/mol. The van der Waals surface area contributed by atoms with Crippen LogP contribution in [0.3, 0.4) is 0 Å². The Morgan fingerprint density at radius 1 is 1.24 bits per heavy atom. The maximum absolute atomic E-state index is 9.87. The van der Waals surface area contributed by atoms with Crippen LogP contribution in [0.5, 0.6) is 0 Å². The Hall–Kier alpha value is -1.53. The van der Waals surface area contributed by atoms with Gasteiger partial charge in [0, 0.05) is 18.6 Å². The largest absolute Gasteiger partial charge is 0.437 e. The van der Waals surface area contributed by atoms with E-state index >= 15 is 0 Å². The van der Waals surface area contributed by atoms with Crippen molar-refractivity contribution in [3.05, 3.63) is 24.3 Å². The Labute approximate surface area is 124 Å². The summed E-state index contributed by atoms with van der Waals surface area (Å²) < 4.78 is 5.97. The zero-order valence-corrected chi connectivity index (χ0v) is 12.3. The molecule has 4 rings (SSSR count). The van der Waals surface area contributed by atoms with Crippen LogP contribution in [0, 0.1) is 0 Å². The number of nitrogens with zero attached hydrogens (tertiary/aromatic N) is 3. The molecule has 2 fully saturated rings. The number of oxazole rings is 1. The van der Waals surface area contributed by atoms with Crippen LogP contribution < -0.4 is 4.90 Å². The second kappa shape index (κ2) is 5.03. The Bertz CT molecular complexity index is 612. The maximum Gasteiger partial charge on any atom is 0.376 e. The van der Waals surface area contributed by atoms with Gasteiger partial charge in [-0.2, -0.15) is 4.98 Å². The molecule has 2 aromatic rings. The molecule has 2 atom stereocenters. The Balaban J connectivity index is 1.67. The fraction of sp³-hybridized carbons (Fsp3) is 0.533. The molecule has 1 aromatic carbocycles. The molecule has 2 unspecified atom stereocenters. The van der Waals surface area contributed by atoms with Gasteiger partial charge in [-0.05, 0) is 44.8 Å². The first-order valence-corrected chi connectivity index (χ1v) is 7.78. The molecule has 0 spiro atoms. The fourth-order valence-corrected chi connectivity index (χ4v) is 3.72. The quantitative estimate of drug-likeness (QED) is 0.855. The van der Waals surface area contributed by atoms with Crippen molar-refractivity contribution in [2.75, 3.05) is 18.0 Å². The molecule has 2 aliphatic heterocycles. The van der Waals surface area contributed by atoms with Crippen LogP contribution in [-0.2, 0) is 0 Å². The van der Waals surface area contributed by atoms with Gasteiger partial charge in [0.15, 0.2) is 5.58 Å². The average Bonchev–Trinajstić information content (AvgIpc) is 2.98. The van der Waals surface area contributed by atoms with Gasteiger partial charge in [-0.3, -0.25) is 0 Å². The van der Waals surface area contributed by atoms with Crippen molar-refractivity contribution in [3.8, 4) is 0 Å². The molecule has 21 heavy (non-hydrogen) atoms. The Morgan fingerprint density at radius 3 is 2.86 bits per heavy atom. The van der Waals surface area contributed by atoms with Crippen LogP contribution >= 0.6 is 0 Å². The van der Waals surface area contributed by atoms with Crippen molar-refractivity contribution in [2.45, 2.75) is 38.2 Å². The third-order valence-electron chi connectivity index (χ3n) is 4.85. The highest BCUT2D eigenvalue weighted by Crippen LogP contribution is 2.35. The minimum atomic E-state index is -0.380. The van der Waals surface area contributed by atoms with Gasteiger partial charge in [0.1, 0.15) is 5.52 Å². The SMILES string of the molecule is CB(O)N1CCC2CCC(C1)N2c1nc2ccccc2o1. The second-order valence-electron chi connectivity index (χ2n) is 6.17. The lowest BCUT2D eigenvalue weighted by atomic mass is 9.83. The minimum Gasteiger partial charge on any atom is -0.437 e. The van der Waals surface area contributed by atoms with E-state index in [1.807, 2.05) is 31.1 Å². The van der Waals surface area contributed by atoms with Crippen molar-refractivity contribution in [1.82, 2.24) is 9.79 Å². The molecule has 2 aliphatic rings. The Kier molecular flexibility index (Phi) is 3.16. The molecule has 6 heteroatoms. The van der Waals surface area contributed by atoms with Gasteiger partial charge in [-0.25, -0.2) is 0 Å². The molecule has 0 radical (unpaired) electrons. The van der Waals surface area contributed by atoms with E-state index in [2.05, 4.69) is 14.7 Å². The molecule has 1 aromatic heterocycles. The highest BCUT2D eigenvalue weighted by atomic mass is 16.4. The van der Waals surface area contributed by atoms with Gasteiger partial charge in [0.25, 0.3) is 6.01 Å². The summed E-state index contributed by atoms with van der Waals surface area (Å²) >= 11 is 0. The molecule has 110 valence electrons. The van der Waals surface area contributed by atoms with E-state index in [9.17, 15) is 5.02 Å². The van der Waals surface area contributed by atoms with Crippen LogP contribution in [0.1, 0.15) is 19.3 Å². The summed E-state index contributed by atoms with van der Waals surface area (Å²) in [5.74, 6) is 0. The first-order chi connectivity index (χ1) is 10.2. The molecule has 2 saturated heterocycles. The lowest BCUT2D eigenvalue weighted by Gasteiger charge is -2.27. The summed E-state index contributed by atoms with van der Waals surface area (Å²) in [6.45, 7) is 3.67. The number of aromatic nitrogens is 1. The van der Waals surface area contributed by atoms with Crippen molar-refractivity contribution in [2.24, 2.45) is 0 Å². The summed E-state index contributed by atoms with van der Waals surface area (Å²) in [5.41, 5.74) is 1.77. The number of para-hydroxylation sites is 2. The molecule has 5 nitrogen and oxygen atoms in total. The Morgan fingerprint density at radius 2 is 2.05 bits per heavy atom. The smallest absolute Gasteiger partial charge is 0.376 e. The van der Waals surface area contributed by atoms with E-state index in [1.54, 1.807) is 0 Å². The van der Waals surface area contributed by atoms with E-state index in [0.29, 0.717) is 12.1 Å². The third kappa shape index (κ3) is 2.22. The van der Waals surface area contributed by atoms with E-state index in [1.165, 1.54) is 6.42 Å². The zero-order chi connectivity index (χ0) is 14.4. The number of rotatable bonds is 2. The number of benzene rings is 1. The molecule has 1 N–H and O–H groups in total. The van der Waals surface area contributed by atoms with E-state index in [-0.39, 0.29) is 7.05 Å². The molecule has 0 aliphatic carbocycles. The van der Waals surface area contributed by atoms with Crippen molar-refractivity contribution >= 4 is 24.2 Å². The van der Waals surface area contributed by atoms with E-state index < -0.39 is 0 Å². The van der Waals surface area contributed by atoms with Crippen molar-refractivity contribution in [3.63, 3.8) is 0 Å². The highest BCUT2D eigenvalue weighted by molar-refractivity contribution is 6.45. The summed E-state index contributed by atoms with van der Waals surface area (Å²) in [6, 6.07) is 9.53. The zero-order valence-electron chi connectivity index (χ0n) is 12.3. The fourth-order valence-electron chi connectivity index (χ4n) is 3.72. The standard InChI is InChI=1S/C15H20BN3O2/c1-16(20)18-9-8-11-6-7-12(10-18)19(11)15-17-13-4-2-3-5-14(13)21-15/h2-5,11-12,20H,6-10H2,1H3. The number of fused-ring (bicyclic) bond motifs is 3. The van der Waals surface area contributed by atoms with Gasteiger partial charge in [-0.15, -0.1) is 0 Å². The van der Waals surface area contributed by atoms with Crippen LogP contribution in [0.2, 0.25) is 6.82 Å². The third-order valence-corrected chi connectivity index (χ3v) is 4.85. The average molecular weight is 285 g/mol. The van der Waals surface area contributed by atoms with Gasteiger partial charge in [0.2, 0.25) is 0 Å². The van der Waals surface area contributed by atoms with Crippen LogP contribution in [0.4, 0.5) is 6.01 Å². The first-order valence-electron chi connectivity index (χ1n) is 7.78. The molecule has 3 heterocycles. The summed E-state index contributed by atoms with van der Waals surface area (Å²) in [6.07, 6.45) is 3.39. The maximum atomic E-state index is 9.87. The topological polar surface area (TPSA) is 52.7 Å². The monoisotopic (exact) mass is 285 g/mol. The first kappa shape index (κ1) is 13.2. The minimum absolute atomic E-state index is 0.380. The number of hydrogen-bond donors (Lipinski definition) is 1. The normalized spacial score (nSPS) is 26.3. The van der Waals surface area contributed by atoms with Gasteiger partial charge >= 0.3 is 7.05 Å². The summed E-state index contributed by atoms with van der Waals surface area (Å²) in [4.78, 5) is 9.17. The van der Waals surface area contributed by atoms with Gasteiger partial charge < -0.3 is 19.2 Å². The predicted octanol–water partition coefficient (Wildman–Crippen LogP) is 1.98. The number of anilines is 1. The molecule has 2 bridgehead atoms.